The van der Waals surface area contributed by atoms with Crippen molar-refractivity contribution in [3.05, 3.63) is 29.3 Å². The van der Waals surface area contributed by atoms with E-state index in [0.717, 1.165) is 5.56 Å². The second kappa shape index (κ2) is 6.95. The monoisotopic (exact) mass is 941 g/mol. The highest BCUT2D eigenvalue weighted by atomic mass is 127. The van der Waals surface area contributed by atoms with Crippen LogP contribution in [0.25, 0.3) is 0 Å². The van der Waals surface area contributed by atoms with Crippen LogP contribution in [0, 0.1) is 0 Å². The highest BCUT2D eigenvalue weighted by molar-refractivity contribution is 14.3. The molecule has 1 N–H and O–H groups in total. The summed E-state index contributed by atoms with van der Waals surface area (Å²) in [5.41, 5.74) is 1.52. The molecular formula is C8H4I6O3S. The molecule has 0 saturated heterocycles. The maximum atomic E-state index is 11.5. The van der Waals surface area contributed by atoms with Crippen molar-refractivity contribution in [3.8, 4) is 0 Å². The molecule has 18 heavy (non-hydrogen) atoms. The quantitative estimate of drug-likeness (QED) is 0.239. The van der Waals surface area contributed by atoms with Crippen LogP contribution < -0.4 is 0 Å². The predicted molar refractivity (Wildman–Crippen MR) is 124 cm³/mol. The average molecular weight is 942 g/mol. The van der Waals surface area contributed by atoms with Crippen LogP contribution in [0.4, 0.5) is 0 Å². The minimum Gasteiger partial charge on any atom is -0.282 e. The van der Waals surface area contributed by atoms with Gasteiger partial charge in [-0.1, -0.05) is 12.1 Å². The fraction of sp³-hybridized carbons (Fsp3) is 0.250. The fourth-order valence-electron chi connectivity index (χ4n) is 1.27. The zero-order valence-electron chi connectivity index (χ0n) is 8.17. The van der Waals surface area contributed by atoms with Gasteiger partial charge in [0.25, 0.3) is 10.1 Å². The molecule has 102 valence electrons. The van der Waals surface area contributed by atoms with Crippen molar-refractivity contribution >= 4 is 146 Å². The summed E-state index contributed by atoms with van der Waals surface area (Å²) in [7, 11) is -4.22. The largest absolute Gasteiger partial charge is 0.294 e. The van der Waals surface area contributed by atoms with Crippen LogP contribution in [0.3, 0.4) is 0 Å². The molecule has 0 fully saturated rings. The molecular weight excluding hydrogens is 938 g/mol. The molecule has 0 unspecified atom stereocenters. The van der Waals surface area contributed by atoms with Gasteiger partial charge in [-0.3, -0.25) is 4.55 Å². The molecule has 0 saturated carbocycles. The first-order valence-electron chi connectivity index (χ1n) is 4.10. The molecule has 0 aromatic heterocycles. The maximum Gasteiger partial charge on any atom is 0.294 e. The van der Waals surface area contributed by atoms with Gasteiger partial charge in [0.15, 0.2) is -0.565 Å². The average Bonchev–Trinajstić information content (AvgIpc) is 2.12. The van der Waals surface area contributed by atoms with Gasteiger partial charge in [0.2, 0.25) is 0 Å². The van der Waals surface area contributed by atoms with Crippen molar-refractivity contribution in [2.75, 3.05) is 0 Å². The number of rotatable bonds is 3. The lowest BCUT2D eigenvalue weighted by Crippen LogP contribution is -2.15. The summed E-state index contributed by atoms with van der Waals surface area (Å²) in [6.07, 6.45) is 0. The van der Waals surface area contributed by atoms with Crippen LogP contribution in [0.2, 0.25) is 0 Å². The van der Waals surface area contributed by atoms with E-state index in [4.69, 9.17) is 0 Å². The molecule has 0 heterocycles. The van der Waals surface area contributed by atoms with Crippen LogP contribution in [-0.4, -0.2) is 13.0 Å². The van der Waals surface area contributed by atoms with Crippen molar-refractivity contribution < 1.29 is 13.0 Å². The maximum absolute atomic E-state index is 11.5. The second-order valence-corrected chi connectivity index (χ2v) is 26.6. The lowest BCUT2D eigenvalue weighted by molar-refractivity contribution is 0.482. The molecule has 0 spiro atoms. The summed E-state index contributed by atoms with van der Waals surface area (Å²) >= 11 is 13.2. The lowest BCUT2D eigenvalue weighted by atomic mass is 10.1. The van der Waals surface area contributed by atoms with E-state index in [-0.39, 0.29) is 4.33 Å². The van der Waals surface area contributed by atoms with Gasteiger partial charge in [0.1, 0.15) is 4.33 Å². The normalized spacial score (nSPS) is 13.7. The van der Waals surface area contributed by atoms with Gasteiger partial charge < -0.3 is 0 Å². The third kappa shape index (κ3) is 5.30. The van der Waals surface area contributed by atoms with E-state index in [1.807, 2.05) is 6.07 Å². The van der Waals surface area contributed by atoms with E-state index in [1.165, 1.54) is 6.07 Å². The van der Waals surface area contributed by atoms with Crippen LogP contribution in [-0.2, 0) is 8.99 Å². The zero-order valence-corrected chi connectivity index (χ0v) is 21.9. The SMILES string of the molecule is O=S(=O)(O)c1cccc(C(I)(I)I)c1C(I)(I)I. The molecule has 1 rings (SSSR count). The Labute approximate surface area is 187 Å². The first-order valence-corrected chi connectivity index (χ1v) is 12.0. The summed E-state index contributed by atoms with van der Waals surface area (Å²) in [4.78, 5) is -0.0208. The van der Waals surface area contributed by atoms with Crippen molar-refractivity contribution in [2.24, 2.45) is 0 Å². The Morgan fingerprint density at radius 2 is 1.44 bits per heavy atom. The van der Waals surface area contributed by atoms with Crippen molar-refractivity contribution in [3.63, 3.8) is 0 Å². The first-order chi connectivity index (χ1) is 7.85. The van der Waals surface area contributed by atoms with Gasteiger partial charge >= 0.3 is 0 Å². The highest BCUT2D eigenvalue weighted by Crippen LogP contribution is 2.56. The molecule has 3 nitrogen and oxygen atoms in total. The molecule has 10 heteroatoms. The van der Waals surface area contributed by atoms with Gasteiger partial charge in [-0.25, -0.2) is 0 Å². The standard InChI is InChI=1S/C8H4I6O3S/c9-7(10,11)4-2-1-3-5(18(15,16)17)6(4)8(12,13)14/h1-3H,(H,15,16,17). The van der Waals surface area contributed by atoms with Crippen LogP contribution in [0.15, 0.2) is 23.1 Å². The van der Waals surface area contributed by atoms with E-state index in [0.29, 0.717) is 5.56 Å². The van der Waals surface area contributed by atoms with E-state index in [2.05, 4.69) is 136 Å². The lowest BCUT2D eigenvalue weighted by Gasteiger charge is -2.25. The van der Waals surface area contributed by atoms with Gasteiger partial charge in [-0.2, -0.15) is 8.42 Å². The molecule has 0 aliphatic rings. The summed E-state index contributed by atoms with van der Waals surface area (Å²) in [5, 5.41) is 0. The smallest absolute Gasteiger partial charge is 0.282 e. The Kier molecular flexibility index (Phi) is 7.55. The Bertz CT molecular complexity index is 557. The van der Waals surface area contributed by atoms with Crippen molar-refractivity contribution in [1.82, 2.24) is 0 Å². The summed E-state index contributed by atoms with van der Waals surface area (Å²) in [6, 6.07) is 4.98. The molecule has 0 atom stereocenters. The third-order valence-electron chi connectivity index (χ3n) is 1.89. The van der Waals surface area contributed by atoms with Gasteiger partial charge in [-0.15, -0.1) is 0 Å². The minimum absolute atomic E-state index is 0.0208. The Hall–Kier alpha value is 3.51. The van der Waals surface area contributed by atoms with Crippen molar-refractivity contribution in [2.45, 2.75) is 3.77 Å². The topological polar surface area (TPSA) is 54.4 Å². The third-order valence-corrected chi connectivity index (χ3v) is 6.15. The Balaban J connectivity index is 3.79. The number of benzene rings is 1. The fourth-order valence-corrected chi connectivity index (χ4v) is 5.69. The van der Waals surface area contributed by atoms with Crippen LogP contribution in [0.5, 0.6) is 0 Å². The summed E-state index contributed by atoms with van der Waals surface area (Å²) < 4.78 is 31.7. The van der Waals surface area contributed by atoms with E-state index in [9.17, 15) is 13.0 Å². The Morgan fingerprint density at radius 1 is 0.944 bits per heavy atom. The molecule has 0 aliphatic heterocycles. The second-order valence-electron chi connectivity index (χ2n) is 3.15. The van der Waals surface area contributed by atoms with E-state index >= 15 is 0 Å². The molecule has 0 radical (unpaired) electrons. The van der Waals surface area contributed by atoms with Gasteiger partial charge in [0, 0.05) is 5.56 Å². The van der Waals surface area contributed by atoms with E-state index < -0.39 is 9.55 Å². The molecule has 0 bridgehead atoms. The van der Waals surface area contributed by atoms with E-state index in [1.54, 1.807) is 6.07 Å². The number of alkyl halides is 6. The van der Waals surface area contributed by atoms with Crippen molar-refractivity contribution in [1.29, 1.82) is 0 Å². The number of hydrogen-bond acceptors (Lipinski definition) is 2. The van der Waals surface area contributed by atoms with Gasteiger partial charge in [-0.05, 0) is 147 Å². The first kappa shape index (κ1) is 19.6. The van der Waals surface area contributed by atoms with Gasteiger partial charge in [0.05, 0.1) is 0 Å². The molecule has 0 aliphatic carbocycles. The molecule has 1 aromatic carbocycles. The van der Waals surface area contributed by atoms with Crippen LogP contribution in [0.1, 0.15) is 11.1 Å². The Morgan fingerprint density at radius 3 is 1.78 bits per heavy atom. The predicted octanol–water partition coefficient (Wildman–Crippen LogP) is 5.76. The van der Waals surface area contributed by atoms with Crippen LogP contribution >= 0.6 is 136 Å². The molecule has 0 amide bonds. The number of hydrogen-bond donors (Lipinski definition) is 1. The zero-order chi connectivity index (χ0) is 14.4. The molecule has 1 aromatic rings. The highest BCUT2D eigenvalue weighted by Gasteiger charge is 2.36. The summed E-state index contributed by atoms with van der Waals surface area (Å²) in [6.45, 7) is 0. The minimum atomic E-state index is -4.22. The number of halogens is 6. The summed E-state index contributed by atoms with van der Waals surface area (Å²) in [5.74, 6) is 0.